The van der Waals surface area contributed by atoms with Gasteiger partial charge >= 0.3 is 0 Å². The highest BCUT2D eigenvalue weighted by atomic mass is 32.1. The lowest BCUT2D eigenvalue weighted by Crippen LogP contribution is -2.25. The first-order chi connectivity index (χ1) is 7.56. The third-order valence-electron chi connectivity index (χ3n) is 1.90. The molecule has 1 heterocycles. The van der Waals surface area contributed by atoms with Crippen molar-refractivity contribution in [2.75, 3.05) is 37.8 Å². The second-order valence-electron chi connectivity index (χ2n) is 3.50. The maximum atomic E-state index is 11.7. The summed E-state index contributed by atoms with van der Waals surface area (Å²) in [7, 11) is 3.71. The molecular weight excluding hydrogens is 226 g/mol. The number of carbonyl (C=O) groups excluding carboxylic acids is 1. The highest BCUT2D eigenvalue weighted by molar-refractivity contribution is 7.18. The van der Waals surface area contributed by atoms with Crippen LogP contribution in [0.4, 0.5) is 10.9 Å². The first-order valence-corrected chi connectivity index (χ1v) is 5.79. The van der Waals surface area contributed by atoms with Crippen molar-refractivity contribution in [3.63, 3.8) is 0 Å². The largest absolute Gasteiger partial charge is 0.382 e. The van der Waals surface area contributed by atoms with Crippen LogP contribution in [-0.4, -0.2) is 38.1 Å². The second kappa shape index (κ2) is 5.66. The summed E-state index contributed by atoms with van der Waals surface area (Å²) in [6.07, 6.45) is 0.755. The van der Waals surface area contributed by atoms with Crippen molar-refractivity contribution in [1.82, 2.24) is 10.3 Å². The molecule has 0 spiro atoms. The molecule has 0 aliphatic rings. The Morgan fingerprint density at radius 1 is 1.56 bits per heavy atom. The molecule has 1 aromatic rings. The summed E-state index contributed by atoms with van der Waals surface area (Å²) >= 11 is 1.28. The highest BCUT2D eigenvalue weighted by Gasteiger charge is 2.16. The van der Waals surface area contributed by atoms with Crippen LogP contribution in [0.25, 0.3) is 0 Å². The quantitative estimate of drug-likeness (QED) is 0.626. The highest BCUT2D eigenvalue weighted by Crippen LogP contribution is 2.26. The van der Waals surface area contributed by atoms with Crippen molar-refractivity contribution in [3.8, 4) is 0 Å². The van der Waals surface area contributed by atoms with Crippen LogP contribution >= 0.6 is 11.3 Å². The molecule has 1 rings (SSSR count). The average Bonchev–Trinajstić information content (AvgIpc) is 2.61. The van der Waals surface area contributed by atoms with E-state index in [1.165, 1.54) is 11.3 Å². The molecule has 1 aromatic heterocycles. The van der Waals surface area contributed by atoms with Gasteiger partial charge in [0.25, 0.3) is 5.91 Å². The molecule has 0 fully saturated rings. The van der Waals surface area contributed by atoms with E-state index < -0.39 is 0 Å². The minimum Gasteiger partial charge on any atom is -0.382 e. The predicted molar refractivity (Wildman–Crippen MR) is 66.9 cm³/mol. The first kappa shape index (κ1) is 12.7. The van der Waals surface area contributed by atoms with Crippen molar-refractivity contribution < 1.29 is 4.79 Å². The van der Waals surface area contributed by atoms with Gasteiger partial charge in [-0.05, 0) is 13.0 Å². The molecule has 0 saturated heterocycles. The molecular formula is C9H17N5OS. The zero-order chi connectivity index (χ0) is 12.1. The Bertz CT molecular complexity index is 363. The molecule has 5 N–H and O–H groups in total. The summed E-state index contributed by atoms with van der Waals surface area (Å²) < 4.78 is 0. The normalized spacial score (nSPS) is 10.2. The Labute approximate surface area is 98.6 Å². The number of thiazole rings is 1. The van der Waals surface area contributed by atoms with Crippen molar-refractivity contribution in [2.45, 2.75) is 6.42 Å². The van der Waals surface area contributed by atoms with Gasteiger partial charge in [-0.15, -0.1) is 0 Å². The number of nitrogens with one attached hydrogen (secondary N) is 1. The molecule has 0 atom stereocenters. The number of amides is 1. The molecule has 0 aliphatic heterocycles. The van der Waals surface area contributed by atoms with Crippen molar-refractivity contribution in [1.29, 1.82) is 0 Å². The Hall–Kier alpha value is -1.34. The summed E-state index contributed by atoms with van der Waals surface area (Å²) in [5.41, 5.74) is 11.0. The van der Waals surface area contributed by atoms with Gasteiger partial charge in [-0.3, -0.25) is 4.79 Å². The Balaban J connectivity index is 2.68. The minimum atomic E-state index is -0.184. The maximum absolute atomic E-state index is 11.7. The van der Waals surface area contributed by atoms with Gasteiger partial charge < -0.3 is 21.7 Å². The van der Waals surface area contributed by atoms with Crippen LogP contribution < -0.4 is 21.7 Å². The zero-order valence-electron chi connectivity index (χ0n) is 9.49. The number of carbonyl (C=O) groups is 1. The van der Waals surface area contributed by atoms with E-state index >= 15 is 0 Å². The first-order valence-electron chi connectivity index (χ1n) is 4.98. The number of hydrogen-bond donors (Lipinski definition) is 3. The van der Waals surface area contributed by atoms with Crippen LogP contribution in [-0.2, 0) is 0 Å². The van der Waals surface area contributed by atoms with E-state index in [2.05, 4.69) is 10.3 Å². The van der Waals surface area contributed by atoms with Crippen LogP contribution in [0.2, 0.25) is 0 Å². The zero-order valence-corrected chi connectivity index (χ0v) is 10.3. The summed E-state index contributed by atoms with van der Waals surface area (Å²) in [6.45, 7) is 1.12. The number of nitrogen functional groups attached to an aromatic ring is 1. The molecule has 16 heavy (non-hydrogen) atoms. The fourth-order valence-corrected chi connectivity index (χ4v) is 1.88. The number of nitrogens with two attached hydrogens (primary N) is 2. The number of anilines is 2. The van der Waals surface area contributed by atoms with E-state index in [1.807, 2.05) is 19.0 Å². The van der Waals surface area contributed by atoms with Crippen LogP contribution in [0, 0.1) is 0 Å². The van der Waals surface area contributed by atoms with Gasteiger partial charge in [0, 0.05) is 20.6 Å². The van der Waals surface area contributed by atoms with Gasteiger partial charge in [0.15, 0.2) is 5.13 Å². The van der Waals surface area contributed by atoms with E-state index in [9.17, 15) is 4.79 Å². The number of rotatable bonds is 5. The van der Waals surface area contributed by atoms with Gasteiger partial charge in [0.1, 0.15) is 10.7 Å². The fourth-order valence-electron chi connectivity index (χ4n) is 1.06. The third-order valence-corrected chi connectivity index (χ3v) is 3.14. The van der Waals surface area contributed by atoms with Crippen LogP contribution in [0.15, 0.2) is 0 Å². The summed E-state index contributed by atoms with van der Waals surface area (Å²) in [5.74, 6) is 0.0931. The molecule has 0 saturated carbocycles. The van der Waals surface area contributed by atoms with E-state index in [0.717, 1.165) is 11.6 Å². The van der Waals surface area contributed by atoms with E-state index in [-0.39, 0.29) is 11.7 Å². The number of hydrogen-bond acceptors (Lipinski definition) is 6. The lowest BCUT2D eigenvalue weighted by Gasteiger charge is -2.05. The molecule has 0 unspecified atom stereocenters. The minimum absolute atomic E-state index is 0.184. The van der Waals surface area contributed by atoms with Crippen LogP contribution in [0.1, 0.15) is 16.1 Å². The molecule has 0 aliphatic carbocycles. The summed E-state index contributed by atoms with van der Waals surface area (Å²) in [6, 6.07) is 0. The lowest BCUT2D eigenvalue weighted by atomic mass is 10.4. The predicted octanol–water partition coefficient (Wildman–Crippen LogP) is -0.130. The fraction of sp³-hybridized carbons (Fsp3) is 0.556. The lowest BCUT2D eigenvalue weighted by molar-refractivity contribution is 0.0958. The van der Waals surface area contributed by atoms with E-state index in [4.69, 9.17) is 11.5 Å². The molecule has 0 bridgehead atoms. The monoisotopic (exact) mass is 243 g/mol. The summed E-state index contributed by atoms with van der Waals surface area (Å²) in [5, 5.41) is 3.47. The van der Waals surface area contributed by atoms with Gasteiger partial charge in [0.2, 0.25) is 0 Å². The number of nitrogens with zero attached hydrogens (tertiary/aromatic N) is 2. The van der Waals surface area contributed by atoms with Crippen molar-refractivity contribution >= 4 is 28.2 Å². The summed E-state index contributed by atoms with van der Waals surface area (Å²) in [4.78, 5) is 18.1. The topological polar surface area (TPSA) is 97.3 Å². The van der Waals surface area contributed by atoms with Crippen molar-refractivity contribution in [3.05, 3.63) is 4.88 Å². The van der Waals surface area contributed by atoms with E-state index in [1.54, 1.807) is 0 Å². The van der Waals surface area contributed by atoms with Gasteiger partial charge in [-0.1, -0.05) is 11.3 Å². The van der Waals surface area contributed by atoms with Crippen LogP contribution in [0.5, 0.6) is 0 Å². The Morgan fingerprint density at radius 3 is 2.75 bits per heavy atom. The molecule has 90 valence electrons. The Kier molecular flexibility index (Phi) is 4.51. The molecule has 0 aromatic carbocycles. The standard InChI is InChI=1S/C9H17N5OS/c1-14(2)9-13-7(11)6(16-9)8(15)12-5-3-4-10/h3-5,10-11H2,1-2H3,(H,12,15). The average molecular weight is 243 g/mol. The third kappa shape index (κ3) is 3.07. The van der Waals surface area contributed by atoms with E-state index in [0.29, 0.717) is 18.0 Å². The Morgan fingerprint density at radius 2 is 2.25 bits per heavy atom. The van der Waals surface area contributed by atoms with Gasteiger partial charge in [-0.2, -0.15) is 0 Å². The SMILES string of the molecule is CN(C)c1nc(N)c(C(=O)NCCCN)s1. The molecule has 6 nitrogen and oxygen atoms in total. The number of aromatic nitrogens is 1. The van der Waals surface area contributed by atoms with Gasteiger partial charge in [0.05, 0.1) is 0 Å². The second-order valence-corrected chi connectivity index (χ2v) is 4.48. The van der Waals surface area contributed by atoms with Gasteiger partial charge in [-0.25, -0.2) is 4.98 Å². The molecule has 0 radical (unpaired) electrons. The molecule has 7 heteroatoms. The van der Waals surface area contributed by atoms with Crippen molar-refractivity contribution in [2.24, 2.45) is 5.73 Å². The van der Waals surface area contributed by atoms with Crippen LogP contribution in [0.3, 0.4) is 0 Å². The smallest absolute Gasteiger partial charge is 0.265 e. The molecule has 1 amide bonds. The maximum Gasteiger partial charge on any atom is 0.265 e.